The van der Waals surface area contributed by atoms with Gasteiger partial charge in [0, 0.05) is 6.61 Å². The number of unbranched alkanes of at least 4 members (excludes halogenated alkanes) is 9. The van der Waals surface area contributed by atoms with Crippen molar-refractivity contribution in [1.29, 1.82) is 0 Å². The molecule has 0 bridgehead atoms. The molecule has 1 atom stereocenters. The molecule has 0 radical (unpaired) electrons. The van der Waals surface area contributed by atoms with Gasteiger partial charge >= 0.3 is 5.97 Å². The minimum absolute atomic E-state index is 0.0813. The van der Waals surface area contributed by atoms with Crippen molar-refractivity contribution in [3.05, 3.63) is 12.2 Å². The van der Waals surface area contributed by atoms with Crippen molar-refractivity contribution in [2.75, 3.05) is 19.8 Å². The van der Waals surface area contributed by atoms with Crippen LogP contribution in [0.1, 0.15) is 90.9 Å². The van der Waals surface area contributed by atoms with Crippen LogP contribution in [0.3, 0.4) is 0 Å². The number of hydrogen-bond donors (Lipinski definition) is 1. The normalized spacial score (nSPS) is 12.6. The lowest BCUT2D eigenvalue weighted by Crippen LogP contribution is -2.12. The van der Waals surface area contributed by atoms with Crippen molar-refractivity contribution in [1.82, 2.24) is 0 Å². The van der Waals surface area contributed by atoms with E-state index in [-0.39, 0.29) is 18.7 Å². The summed E-state index contributed by atoms with van der Waals surface area (Å²) in [4.78, 5) is 11.1. The summed E-state index contributed by atoms with van der Waals surface area (Å²) < 4.78 is 10.1. The zero-order chi connectivity index (χ0) is 18.6. The van der Waals surface area contributed by atoms with Gasteiger partial charge in [-0.05, 0) is 32.6 Å². The third kappa shape index (κ3) is 19.3. The van der Waals surface area contributed by atoms with Crippen molar-refractivity contribution in [3.63, 3.8) is 0 Å². The van der Waals surface area contributed by atoms with E-state index >= 15 is 0 Å². The van der Waals surface area contributed by atoms with Crippen LogP contribution in [0, 0.1) is 0 Å². The van der Waals surface area contributed by atoms with E-state index in [1.54, 1.807) is 6.92 Å². The number of aliphatic hydroxyl groups excluding tert-OH is 1. The van der Waals surface area contributed by atoms with Crippen LogP contribution in [-0.4, -0.2) is 37.0 Å². The molecular formula is C21H40O4. The molecule has 1 N–H and O–H groups in total. The van der Waals surface area contributed by atoms with Gasteiger partial charge in [0.1, 0.15) is 6.61 Å². The number of hydrogen-bond acceptors (Lipinski definition) is 4. The zero-order valence-electron chi connectivity index (χ0n) is 16.5. The van der Waals surface area contributed by atoms with Gasteiger partial charge < -0.3 is 14.6 Å². The summed E-state index contributed by atoms with van der Waals surface area (Å²) in [6.45, 7) is 5.09. The van der Waals surface area contributed by atoms with E-state index in [2.05, 4.69) is 13.0 Å². The van der Waals surface area contributed by atoms with Crippen molar-refractivity contribution < 1.29 is 19.4 Å². The Morgan fingerprint density at radius 3 is 2.24 bits per heavy atom. The largest absolute Gasteiger partial charge is 0.464 e. The molecule has 148 valence electrons. The maximum absolute atomic E-state index is 11.1. The predicted octanol–water partition coefficient (Wildman–Crippen LogP) is 5.18. The van der Waals surface area contributed by atoms with Crippen molar-refractivity contribution >= 4 is 5.97 Å². The maximum atomic E-state index is 11.1. The van der Waals surface area contributed by atoms with Crippen LogP contribution >= 0.6 is 0 Å². The number of carbonyl (C=O) groups is 1. The fraction of sp³-hybridized carbons (Fsp3) is 0.857. The number of rotatable bonds is 18. The van der Waals surface area contributed by atoms with Gasteiger partial charge in [0.25, 0.3) is 0 Å². The van der Waals surface area contributed by atoms with Crippen LogP contribution in [0.2, 0.25) is 0 Å². The second-order valence-corrected chi connectivity index (χ2v) is 6.61. The topological polar surface area (TPSA) is 55.8 Å². The molecule has 0 aliphatic rings. The third-order valence-corrected chi connectivity index (χ3v) is 4.15. The Bertz CT molecular complexity index is 315. The van der Waals surface area contributed by atoms with E-state index in [1.807, 2.05) is 6.08 Å². The Hall–Kier alpha value is -0.870. The van der Waals surface area contributed by atoms with Crippen LogP contribution in [0.25, 0.3) is 0 Å². The molecule has 0 rings (SSSR count). The summed E-state index contributed by atoms with van der Waals surface area (Å²) in [5.74, 6) is -0.271. The summed E-state index contributed by atoms with van der Waals surface area (Å²) in [5, 5.41) is 9.69. The molecule has 0 fully saturated rings. The number of aliphatic hydroxyl groups is 1. The highest BCUT2D eigenvalue weighted by Crippen LogP contribution is 2.10. The first-order chi connectivity index (χ1) is 12.2. The highest BCUT2D eigenvalue weighted by atomic mass is 16.6. The van der Waals surface area contributed by atoms with Gasteiger partial charge in [-0.25, -0.2) is 4.79 Å². The molecule has 0 aliphatic heterocycles. The molecule has 4 heteroatoms. The SMILES string of the molecule is CCCCC(O)C=CCCCCCCCCCCOCC(=O)OCC. The molecule has 0 aromatic rings. The third-order valence-electron chi connectivity index (χ3n) is 4.15. The molecule has 0 spiro atoms. The molecule has 4 nitrogen and oxygen atoms in total. The molecule has 0 aromatic carbocycles. The minimum atomic E-state index is -0.271. The lowest BCUT2D eigenvalue weighted by atomic mass is 10.1. The monoisotopic (exact) mass is 356 g/mol. The number of esters is 1. The molecule has 1 unspecified atom stereocenters. The van der Waals surface area contributed by atoms with Crippen LogP contribution in [-0.2, 0) is 14.3 Å². The van der Waals surface area contributed by atoms with Crippen LogP contribution in [0.15, 0.2) is 12.2 Å². The number of carbonyl (C=O) groups excluding carboxylic acids is 1. The fourth-order valence-corrected chi connectivity index (χ4v) is 2.65. The van der Waals surface area contributed by atoms with Gasteiger partial charge in [0.15, 0.2) is 0 Å². The molecular weight excluding hydrogens is 316 g/mol. The molecule has 25 heavy (non-hydrogen) atoms. The maximum Gasteiger partial charge on any atom is 0.332 e. The second-order valence-electron chi connectivity index (χ2n) is 6.61. The molecule has 0 aliphatic carbocycles. The molecule has 0 amide bonds. The lowest BCUT2D eigenvalue weighted by molar-refractivity contribution is -0.148. The van der Waals surface area contributed by atoms with Crippen LogP contribution < -0.4 is 0 Å². The Kier molecular flexibility index (Phi) is 18.8. The second kappa shape index (κ2) is 19.5. The summed E-state index contributed by atoms with van der Waals surface area (Å²) in [6, 6.07) is 0. The quantitative estimate of drug-likeness (QED) is 0.209. The summed E-state index contributed by atoms with van der Waals surface area (Å²) in [5.41, 5.74) is 0. The van der Waals surface area contributed by atoms with Crippen molar-refractivity contribution in [2.24, 2.45) is 0 Å². The first-order valence-electron chi connectivity index (χ1n) is 10.3. The lowest BCUT2D eigenvalue weighted by Gasteiger charge is -2.04. The Morgan fingerprint density at radius 1 is 0.960 bits per heavy atom. The van der Waals surface area contributed by atoms with E-state index in [1.165, 1.54) is 44.9 Å². The molecule has 0 saturated carbocycles. The van der Waals surface area contributed by atoms with Gasteiger partial charge in [-0.1, -0.05) is 70.4 Å². The van der Waals surface area contributed by atoms with Gasteiger partial charge in [0.2, 0.25) is 0 Å². The van der Waals surface area contributed by atoms with E-state index in [4.69, 9.17) is 9.47 Å². The van der Waals surface area contributed by atoms with Gasteiger partial charge in [-0.15, -0.1) is 0 Å². The molecule has 0 aromatic heterocycles. The zero-order valence-corrected chi connectivity index (χ0v) is 16.5. The van der Waals surface area contributed by atoms with Gasteiger partial charge in [0.05, 0.1) is 12.7 Å². The first-order valence-corrected chi connectivity index (χ1v) is 10.3. The average molecular weight is 357 g/mol. The Labute approximate surface area is 155 Å². The highest BCUT2D eigenvalue weighted by Gasteiger charge is 2.00. The number of ether oxygens (including phenoxy) is 2. The predicted molar refractivity (Wildman–Crippen MR) is 104 cm³/mol. The van der Waals surface area contributed by atoms with Crippen molar-refractivity contribution in [2.45, 2.75) is 97.0 Å². The minimum Gasteiger partial charge on any atom is -0.464 e. The molecule has 0 heterocycles. The standard InChI is InChI=1S/C21H40O4/c1-3-5-16-20(22)17-14-12-10-8-6-7-9-11-13-15-18-24-19-21(23)25-4-2/h14,17,20,22H,3-13,15-16,18-19H2,1-2H3. The number of allylic oxidation sites excluding steroid dienone is 1. The summed E-state index contributed by atoms with van der Waals surface area (Å²) in [7, 11) is 0. The van der Waals surface area contributed by atoms with E-state index in [9.17, 15) is 9.90 Å². The Morgan fingerprint density at radius 2 is 1.60 bits per heavy atom. The average Bonchev–Trinajstić information content (AvgIpc) is 2.60. The Balaban J connectivity index is 3.19. The summed E-state index contributed by atoms with van der Waals surface area (Å²) in [6.07, 6.45) is 17.9. The van der Waals surface area contributed by atoms with E-state index in [0.717, 1.165) is 32.1 Å². The molecule has 0 saturated heterocycles. The fourth-order valence-electron chi connectivity index (χ4n) is 2.65. The van der Waals surface area contributed by atoms with E-state index in [0.29, 0.717) is 13.2 Å². The van der Waals surface area contributed by atoms with Crippen molar-refractivity contribution in [3.8, 4) is 0 Å². The first kappa shape index (κ1) is 24.1. The van der Waals surface area contributed by atoms with E-state index < -0.39 is 0 Å². The van der Waals surface area contributed by atoms with Gasteiger partial charge in [-0.3, -0.25) is 0 Å². The van der Waals surface area contributed by atoms with Crippen LogP contribution in [0.4, 0.5) is 0 Å². The highest BCUT2D eigenvalue weighted by molar-refractivity contribution is 5.70. The van der Waals surface area contributed by atoms with Crippen LogP contribution in [0.5, 0.6) is 0 Å². The smallest absolute Gasteiger partial charge is 0.332 e. The van der Waals surface area contributed by atoms with Gasteiger partial charge in [-0.2, -0.15) is 0 Å². The summed E-state index contributed by atoms with van der Waals surface area (Å²) >= 11 is 0.